The maximum Gasteiger partial charge on any atom is 0.310 e. The summed E-state index contributed by atoms with van der Waals surface area (Å²) in [5.74, 6) is 0.227. The molecule has 0 unspecified atom stereocenters. The van der Waals surface area contributed by atoms with E-state index in [1.165, 1.54) is 7.11 Å². The molecule has 0 heterocycles. The average Bonchev–Trinajstić information content (AvgIpc) is 2.53. The van der Waals surface area contributed by atoms with Gasteiger partial charge in [-0.3, -0.25) is 4.79 Å². The maximum absolute atomic E-state index is 11.9. The molecule has 0 amide bonds. The van der Waals surface area contributed by atoms with Crippen LogP contribution in [-0.2, 0) is 22.6 Å². The number of nitriles is 1. The molecule has 0 aliphatic rings. The number of carbonyl (C=O) groups excluding carboxylic acids is 1. The molecule has 0 aromatic heterocycles. The minimum absolute atomic E-state index is 0.0833. The number of halogens is 1. The summed E-state index contributed by atoms with van der Waals surface area (Å²) in [5.41, 5.74) is 2.07. The zero-order chi connectivity index (χ0) is 15.9. The van der Waals surface area contributed by atoms with E-state index in [0.29, 0.717) is 21.9 Å². The zero-order valence-electron chi connectivity index (χ0n) is 12.0. The Morgan fingerprint density at radius 1 is 1.23 bits per heavy atom. The smallest absolute Gasteiger partial charge is 0.310 e. The molecule has 2 aromatic rings. The first-order valence-corrected chi connectivity index (χ1v) is 6.97. The fourth-order valence-corrected chi connectivity index (χ4v) is 2.13. The average molecular weight is 316 g/mol. The van der Waals surface area contributed by atoms with Crippen LogP contribution in [0, 0.1) is 11.3 Å². The summed E-state index contributed by atoms with van der Waals surface area (Å²) in [6.45, 7) is 0.160. The van der Waals surface area contributed by atoms with E-state index in [1.54, 1.807) is 42.5 Å². The Morgan fingerprint density at radius 3 is 2.59 bits per heavy atom. The summed E-state index contributed by atoms with van der Waals surface area (Å²) in [6, 6.07) is 14.0. The van der Waals surface area contributed by atoms with E-state index >= 15 is 0 Å². The standard InChI is InChI=1S/C17H14ClNO3/c1-21-16-7-6-15(18)8-14(16)9-17(20)22-11-13-4-2-12(10-19)3-5-13/h2-8H,9,11H2,1H3. The van der Waals surface area contributed by atoms with Gasteiger partial charge in [0.2, 0.25) is 0 Å². The van der Waals surface area contributed by atoms with Crippen LogP contribution in [0.2, 0.25) is 5.02 Å². The van der Waals surface area contributed by atoms with Crippen LogP contribution in [0.15, 0.2) is 42.5 Å². The van der Waals surface area contributed by atoms with Crippen molar-refractivity contribution in [2.45, 2.75) is 13.0 Å². The Bertz CT molecular complexity index is 705. The number of rotatable bonds is 5. The minimum atomic E-state index is -0.370. The third kappa shape index (κ3) is 4.24. The summed E-state index contributed by atoms with van der Waals surface area (Å²) in [5, 5.41) is 9.26. The second kappa shape index (κ2) is 7.48. The molecule has 0 spiro atoms. The van der Waals surface area contributed by atoms with Crippen LogP contribution in [0.1, 0.15) is 16.7 Å². The Labute approximate surface area is 133 Å². The first-order chi connectivity index (χ1) is 10.6. The van der Waals surface area contributed by atoms with Crippen molar-refractivity contribution in [2.75, 3.05) is 7.11 Å². The first kappa shape index (κ1) is 15.9. The number of carbonyl (C=O) groups is 1. The lowest BCUT2D eigenvalue weighted by Gasteiger charge is -2.09. The van der Waals surface area contributed by atoms with E-state index < -0.39 is 0 Å². The lowest BCUT2D eigenvalue weighted by Crippen LogP contribution is -2.09. The molecule has 0 aliphatic heterocycles. The summed E-state index contributed by atoms with van der Waals surface area (Å²) < 4.78 is 10.4. The van der Waals surface area contributed by atoms with E-state index in [2.05, 4.69) is 0 Å². The molecule has 0 atom stereocenters. The van der Waals surface area contributed by atoms with E-state index in [0.717, 1.165) is 5.56 Å². The topological polar surface area (TPSA) is 59.3 Å². The highest BCUT2D eigenvalue weighted by Gasteiger charge is 2.11. The molecular weight excluding hydrogens is 302 g/mol. The number of benzene rings is 2. The Balaban J connectivity index is 1.95. The molecule has 22 heavy (non-hydrogen) atoms. The molecule has 0 fully saturated rings. The number of hydrogen-bond donors (Lipinski definition) is 0. The molecule has 0 radical (unpaired) electrons. The van der Waals surface area contributed by atoms with Gasteiger partial charge in [-0.1, -0.05) is 23.7 Å². The molecule has 0 saturated carbocycles. The van der Waals surface area contributed by atoms with Crippen molar-refractivity contribution in [3.05, 3.63) is 64.2 Å². The molecule has 5 heteroatoms. The molecule has 0 N–H and O–H groups in total. The highest BCUT2D eigenvalue weighted by molar-refractivity contribution is 6.30. The van der Waals surface area contributed by atoms with Gasteiger partial charge in [-0.15, -0.1) is 0 Å². The summed E-state index contributed by atoms with van der Waals surface area (Å²) in [7, 11) is 1.54. The van der Waals surface area contributed by atoms with Crippen LogP contribution in [0.3, 0.4) is 0 Å². The molecule has 2 rings (SSSR count). The fraction of sp³-hybridized carbons (Fsp3) is 0.176. The minimum Gasteiger partial charge on any atom is -0.496 e. The van der Waals surface area contributed by atoms with Crippen LogP contribution in [0.5, 0.6) is 5.75 Å². The van der Waals surface area contributed by atoms with Gasteiger partial charge in [-0.05, 0) is 35.9 Å². The summed E-state index contributed by atoms with van der Waals surface area (Å²) in [4.78, 5) is 11.9. The van der Waals surface area contributed by atoms with Crippen LogP contribution in [0.4, 0.5) is 0 Å². The Morgan fingerprint density at radius 2 is 1.95 bits per heavy atom. The van der Waals surface area contributed by atoms with Gasteiger partial charge < -0.3 is 9.47 Å². The van der Waals surface area contributed by atoms with Gasteiger partial charge >= 0.3 is 5.97 Å². The van der Waals surface area contributed by atoms with E-state index in [-0.39, 0.29) is 19.0 Å². The van der Waals surface area contributed by atoms with E-state index in [9.17, 15) is 4.79 Å². The van der Waals surface area contributed by atoms with Gasteiger partial charge in [0.05, 0.1) is 25.2 Å². The van der Waals surface area contributed by atoms with Gasteiger partial charge in [0.1, 0.15) is 12.4 Å². The second-order valence-electron chi connectivity index (χ2n) is 4.60. The van der Waals surface area contributed by atoms with Crippen molar-refractivity contribution in [1.82, 2.24) is 0 Å². The second-order valence-corrected chi connectivity index (χ2v) is 5.04. The molecule has 2 aromatic carbocycles. The van der Waals surface area contributed by atoms with Crippen LogP contribution >= 0.6 is 11.6 Å². The predicted octanol–water partition coefficient (Wildman–Crippen LogP) is 3.51. The predicted molar refractivity (Wildman–Crippen MR) is 82.7 cm³/mol. The van der Waals surface area contributed by atoms with Gasteiger partial charge in [0, 0.05) is 10.6 Å². The van der Waals surface area contributed by atoms with Crippen molar-refractivity contribution in [3.8, 4) is 11.8 Å². The fourth-order valence-electron chi connectivity index (χ4n) is 1.93. The zero-order valence-corrected chi connectivity index (χ0v) is 12.8. The molecule has 4 nitrogen and oxygen atoms in total. The van der Waals surface area contributed by atoms with E-state index in [1.807, 2.05) is 6.07 Å². The molecule has 0 saturated heterocycles. The number of hydrogen-bond acceptors (Lipinski definition) is 4. The highest BCUT2D eigenvalue weighted by Crippen LogP contribution is 2.23. The Kier molecular flexibility index (Phi) is 5.40. The van der Waals surface area contributed by atoms with Crippen LogP contribution in [0.25, 0.3) is 0 Å². The SMILES string of the molecule is COc1ccc(Cl)cc1CC(=O)OCc1ccc(C#N)cc1. The normalized spacial score (nSPS) is 9.86. The van der Waals surface area contributed by atoms with Gasteiger partial charge in [0.25, 0.3) is 0 Å². The molecular formula is C17H14ClNO3. The lowest BCUT2D eigenvalue weighted by molar-refractivity contribution is -0.144. The van der Waals surface area contributed by atoms with Gasteiger partial charge in [-0.25, -0.2) is 0 Å². The molecule has 0 aliphatic carbocycles. The lowest BCUT2D eigenvalue weighted by atomic mass is 10.1. The van der Waals surface area contributed by atoms with Crippen LogP contribution < -0.4 is 4.74 Å². The summed E-state index contributed by atoms with van der Waals surface area (Å²) in [6.07, 6.45) is 0.0833. The first-order valence-electron chi connectivity index (χ1n) is 6.59. The Hall–Kier alpha value is -2.51. The highest BCUT2D eigenvalue weighted by atomic mass is 35.5. The maximum atomic E-state index is 11.9. The van der Waals surface area contributed by atoms with Crippen molar-refractivity contribution in [2.24, 2.45) is 0 Å². The molecule has 112 valence electrons. The number of nitrogens with zero attached hydrogens (tertiary/aromatic N) is 1. The monoisotopic (exact) mass is 315 g/mol. The van der Waals surface area contributed by atoms with Crippen LogP contribution in [-0.4, -0.2) is 13.1 Å². The number of ether oxygens (including phenoxy) is 2. The number of esters is 1. The molecule has 0 bridgehead atoms. The number of methoxy groups -OCH3 is 1. The van der Waals surface area contributed by atoms with Crippen molar-refractivity contribution >= 4 is 17.6 Å². The third-order valence-electron chi connectivity index (χ3n) is 3.06. The quantitative estimate of drug-likeness (QED) is 0.792. The largest absolute Gasteiger partial charge is 0.496 e. The van der Waals surface area contributed by atoms with Gasteiger partial charge in [0.15, 0.2) is 0 Å². The summed E-state index contributed by atoms with van der Waals surface area (Å²) >= 11 is 5.92. The van der Waals surface area contributed by atoms with Gasteiger partial charge in [-0.2, -0.15) is 5.26 Å². The third-order valence-corrected chi connectivity index (χ3v) is 3.30. The van der Waals surface area contributed by atoms with Crippen molar-refractivity contribution in [1.29, 1.82) is 5.26 Å². The van der Waals surface area contributed by atoms with Crippen molar-refractivity contribution in [3.63, 3.8) is 0 Å². The van der Waals surface area contributed by atoms with E-state index in [4.69, 9.17) is 26.3 Å². The van der Waals surface area contributed by atoms with Crippen molar-refractivity contribution < 1.29 is 14.3 Å².